The maximum absolute atomic E-state index is 9.84. The molecule has 1 fully saturated rings. The second kappa shape index (κ2) is 6.12. The zero-order chi connectivity index (χ0) is 13.0. The summed E-state index contributed by atoms with van der Waals surface area (Å²) >= 11 is 0. The number of aliphatic hydroxyl groups excluding tert-OH is 1. The van der Waals surface area contributed by atoms with Gasteiger partial charge in [0, 0.05) is 13.5 Å². The van der Waals surface area contributed by atoms with Crippen molar-refractivity contribution in [1.82, 2.24) is 0 Å². The molecule has 1 heterocycles. The lowest BCUT2D eigenvalue weighted by molar-refractivity contribution is -0.218. The van der Waals surface area contributed by atoms with Crippen molar-refractivity contribution >= 4 is 0 Å². The number of methoxy groups -OCH3 is 1. The molecule has 0 saturated carbocycles. The first-order valence-corrected chi connectivity index (χ1v) is 5.65. The standard InChI is InChI=1S/C13H18O4/c1-15-13-7-12(11(14)9-17-13)16-8-10-5-3-2-4-6-10/h2-6,11-14H,7-9H2,1H3/t11-,12-,13-/m1/s1/i9D/t9-,11-,12-,13-. The molecule has 0 aromatic heterocycles. The summed E-state index contributed by atoms with van der Waals surface area (Å²) in [6.45, 7) is -0.615. The van der Waals surface area contributed by atoms with E-state index in [1.165, 1.54) is 7.11 Å². The van der Waals surface area contributed by atoms with E-state index in [9.17, 15) is 5.11 Å². The summed E-state index contributed by atoms with van der Waals surface area (Å²) in [5.41, 5.74) is 1.03. The summed E-state index contributed by atoms with van der Waals surface area (Å²) in [5, 5.41) is 9.84. The molecule has 1 aromatic carbocycles. The Balaban J connectivity index is 1.91. The molecular weight excluding hydrogens is 220 g/mol. The molecule has 1 saturated heterocycles. The van der Waals surface area contributed by atoms with E-state index in [0.717, 1.165) is 5.56 Å². The molecule has 0 radical (unpaired) electrons. The van der Waals surface area contributed by atoms with Gasteiger partial charge in [0.2, 0.25) is 0 Å². The number of ether oxygens (including phenoxy) is 3. The van der Waals surface area contributed by atoms with Gasteiger partial charge in [0.25, 0.3) is 0 Å². The highest BCUT2D eigenvalue weighted by molar-refractivity contribution is 5.13. The van der Waals surface area contributed by atoms with Crippen molar-refractivity contribution in [3.05, 3.63) is 35.9 Å². The van der Waals surface area contributed by atoms with Crippen LogP contribution in [0.4, 0.5) is 0 Å². The van der Waals surface area contributed by atoms with Gasteiger partial charge in [-0.2, -0.15) is 0 Å². The Kier molecular flexibility index (Phi) is 4.02. The van der Waals surface area contributed by atoms with Gasteiger partial charge in [0.05, 0.1) is 20.7 Å². The Bertz CT molecular complexity index is 359. The molecule has 1 aliphatic rings. The maximum atomic E-state index is 9.84. The van der Waals surface area contributed by atoms with Crippen molar-refractivity contribution in [2.24, 2.45) is 0 Å². The summed E-state index contributed by atoms with van der Waals surface area (Å²) in [4.78, 5) is 0. The lowest BCUT2D eigenvalue weighted by Gasteiger charge is -2.32. The Morgan fingerprint density at radius 2 is 2.24 bits per heavy atom. The smallest absolute Gasteiger partial charge is 0.159 e. The van der Waals surface area contributed by atoms with E-state index < -0.39 is 25.1 Å². The number of rotatable bonds is 4. The van der Waals surface area contributed by atoms with E-state index in [-0.39, 0.29) is 0 Å². The van der Waals surface area contributed by atoms with Crippen LogP contribution in [0, 0.1) is 0 Å². The van der Waals surface area contributed by atoms with Crippen molar-refractivity contribution in [3.63, 3.8) is 0 Å². The van der Waals surface area contributed by atoms with Crippen molar-refractivity contribution in [2.45, 2.75) is 31.5 Å². The minimum Gasteiger partial charge on any atom is -0.388 e. The van der Waals surface area contributed by atoms with E-state index in [1.54, 1.807) is 0 Å². The molecule has 17 heavy (non-hydrogen) atoms. The molecule has 0 spiro atoms. The van der Waals surface area contributed by atoms with E-state index in [4.69, 9.17) is 15.6 Å². The fourth-order valence-corrected chi connectivity index (χ4v) is 1.74. The van der Waals surface area contributed by atoms with E-state index >= 15 is 0 Å². The third kappa shape index (κ3) is 3.51. The third-order valence-electron chi connectivity index (χ3n) is 2.75. The van der Waals surface area contributed by atoms with Crippen LogP contribution in [-0.2, 0) is 20.8 Å². The van der Waals surface area contributed by atoms with Crippen LogP contribution in [0.15, 0.2) is 30.3 Å². The Morgan fingerprint density at radius 1 is 1.47 bits per heavy atom. The first kappa shape index (κ1) is 11.2. The van der Waals surface area contributed by atoms with Crippen LogP contribution in [-0.4, -0.2) is 37.3 Å². The molecule has 0 bridgehead atoms. The van der Waals surface area contributed by atoms with Gasteiger partial charge in [-0.05, 0) is 5.56 Å². The molecule has 4 nitrogen and oxygen atoms in total. The zero-order valence-corrected chi connectivity index (χ0v) is 9.78. The number of hydrogen-bond acceptors (Lipinski definition) is 4. The van der Waals surface area contributed by atoms with Crippen molar-refractivity contribution < 1.29 is 20.7 Å². The van der Waals surface area contributed by atoms with Gasteiger partial charge in [0.1, 0.15) is 6.10 Å². The van der Waals surface area contributed by atoms with Gasteiger partial charge in [0.15, 0.2) is 6.29 Å². The van der Waals surface area contributed by atoms with Crippen LogP contribution in [0.3, 0.4) is 0 Å². The summed E-state index contributed by atoms with van der Waals surface area (Å²) in [6, 6.07) is 9.72. The topological polar surface area (TPSA) is 47.9 Å². The van der Waals surface area contributed by atoms with Crippen molar-refractivity contribution in [2.75, 3.05) is 13.7 Å². The fourth-order valence-electron chi connectivity index (χ4n) is 1.74. The fraction of sp³-hybridized carbons (Fsp3) is 0.538. The van der Waals surface area contributed by atoms with Gasteiger partial charge < -0.3 is 19.3 Å². The number of hydrogen-bond donors (Lipinski definition) is 1. The highest BCUT2D eigenvalue weighted by Crippen LogP contribution is 2.19. The molecule has 2 rings (SSSR count). The number of benzene rings is 1. The van der Waals surface area contributed by atoms with Crippen LogP contribution in [0.5, 0.6) is 0 Å². The minimum absolute atomic E-state index is 0.408. The molecule has 1 N–H and O–H groups in total. The average Bonchev–Trinajstić information content (AvgIpc) is 2.41. The van der Waals surface area contributed by atoms with Crippen LogP contribution in [0.1, 0.15) is 13.4 Å². The third-order valence-corrected chi connectivity index (χ3v) is 2.75. The van der Waals surface area contributed by atoms with Crippen LogP contribution in [0.2, 0.25) is 0 Å². The molecule has 0 aliphatic carbocycles. The van der Waals surface area contributed by atoms with Gasteiger partial charge >= 0.3 is 0 Å². The lowest BCUT2D eigenvalue weighted by atomic mass is 10.1. The first-order chi connectivity index (χ1) is 8.70. The molecule has 0 amide bonds. The van der Waals surface area contributed by atoms with Gasteiger partial charge in [-0.15, -0.1) is 0 Å². The van der Waals surface area contributed by atoms with E-state index in [0.29, 0.717) is 13.0 Å². The minimum atomic E-state index is -1.02. The second-order valence-electron chi connectivity index (χ2n) is 4.00. The predicted octanol–water partition coefficient (Wildman–Crippen LogP) is 1.33. The number of aliphatic hydroxyl groups is 1. The Labute approximate surface area is 103 Å². The van der Waals surface area contributed by atoms with Gasteiger partial charge in [-0.1, -0.05) is 30.3 Å². The molecular formula is C13H18O4. The SMILES string of the molecule is [2H][C@H]1O[C@@H](OC)C[C@@H](OCc2ccccc2)[C@@H]1O. The summed E-state index contributed by atoms with van der Waals surface area (Å²) in [6.07, 6.45) is -1.44. The maximum Gasteiger partial charge on any atom is 0.159 e. The van der Waals surface area contributed by atoms with E-state index in [1.807, 2.05) is 30.3 Å². The monoisotopic (exact) mass is 239 g/mol. The molecule has 4 heteroatoms. The molecule has 1 aliphatic heterocycles. The van der Waals surface area contributed by atoms with Crippen LogP contribution in [0.25, 0.3) is 0 Å². The Hall–Kier alpha value is -0.940. The zero-order valence-electron chi connectivity index (χ0n) is 10.8. The highest BCUT2D eigenvalue weighted by atomic mass is 16.7. The normalized spacial score (nSPS) is 34.4. The molecule has 94 valence electrons. The second-order valence-corrected chi connectivity index (χ2v) is 4.00. The van der Waals surface area contributed by atoms with Gasteiger partial charge in [-0.3, -0.25) is 0 Å². The molecule has 4 atom stereocenters. The van der Waals surface area contributed by atoms with Gasteiger partial charge in [-0.25, -0.2) is 0 Å². The Morgan fingerprint density at radius 3 is 2.94 bits per heavy atom. The first-order valence-electron chi connectivity index (χ1n) is 6.22. The highest BCUT2D eigenvalue weighted by Gasteiger charge is 2.30. The van der Waals surface area contributed by atoms with Crippen molar-refractivity contribution in [1.29, 1.82) is 0 Å². The van der Waals surface area contributed by atoms with Crippen molar-refractivity contribution in [3.8, 4) is 0 Å². The van der Waals surface area contributed by atoms with Crippen LogP contribution < -0.4 is 0 Å². The molecule has 0 unspecified atom stereocenters. The average molecular weight is 239 g/mol. The summed E-state index contributed by atoms with van der Waals surface area (Å²) in [7, 11) is 1.52. The van der Waals surface area contributed by atoms with Crippen LogP contribution >= 0.6 is 0 Å². The predicted molar refractivity (Wildman–Crippen MR) is 62.4 cm³/mol. The molecule has 1 aromatic rings. The summed E-state index contributed by atoms with van der Waals surface area (Å²) in [5.74, 6) is 0. The summed E-state index contributed by atoms with van der Waals surface area (Å²) < 4.78 is 23.4. The largest absolute Gasteiger partial charge is 0.388 e. The van der Waals surface area contributed by atoms with E-state index in [2.05, 4.69) is 0 Å². The lowest BCUT2D eigenvalue weighted by Crippen LogP contribution is -2.43. The quantitative estimate of drug-likeness (QED) is 0.861.